The van der Waals surface area contributed by atoms with Crippen molar-refractivity contribution in [2.24, 2.45) is 0 Å². The average molecular weight is 577 g/mol. The van der Waals surface area contributed by atoms with Gasteiger partial charge in [-0.15, -0.1) is 0 Å². The summed E-state index contributed by atoms with van der Waals surface area (Å²) in [5.41, 5.74) is 3.84. The van der Waals surface area contributed by atoms with E-state index in [0.29, 0.717) is 42.3 Å². The van der Waals surface area contributed by atoms with Crippen LogP contribution in [0.15, 0.2) is 96.8 Å². The number of Topliss-reactive ketones (excluding diaryl/α,β-unsaturated/α-hetero) is 1. The van der Waals surface area contributed by atoms with E-state index < -0.39 is 17.7 Å². The Morgan fingerprint density at radius 1 is 0.953 bits per heavy atom. The van der Waals surface area contributed by atoms with Crippen molar-refractivity contribution in [1.82, 2.24) is 9.88 Å². The number of aromatic nitrogens is 1. The molecule has 218 valence electrons. The largest absolute Gasteiger partial charge is 0.507 e. The van der Waals surface area contributed by atoms with E-state index in [2.05, 4.69) is 4.98 Å². The first-order valence-corrected chi connectivity index (χ1v) is 14.3. The molecule has 43 heavy (non-hydrogen) atoms. The molecule has 0 saturated carbocycles. The smallest absolute Gasteiger partial charge is 0.295 e. The number of carbonyl (C=O) groups excluding carboxylic acids is 2. The van der Waals surface area contributed by atoms with Gasteiger partial charge < -0.3 is 24.2 Å². The van der Waals surface area contributed by atoms with Crippen molar-refractivity contribution < 1.29 is 28.9 Å². The SMILES string of the molecule is CCOc1cc([C@@H]2C(=C(O)c3ccc4c(c3)C[C@H](C)O4)C(=O)C(=O)N2Cc2ccncc2)ccc1OCc1ccccc1. The molecule has 2 aliphatic rings. The summed E-state index contributed by atoms with van der Waals surface area (Å²) in [6.45, 7) is 4.74. The van der Waals surface area contributed by atoms with E-state index in [4.69, 9.17) is 14.2 Å². The lowest BCUT2D eigenvalue weighted by atomic mass is 9.94. The molecule has 1 aromatic heterocycles. The molecule has 0 radical (unpaired) electrons. The summed E-state index contributed by atoms with van der Waals surface area (Å²) in [6, 6.07) is 23.2. The highest BCUT2D eigenvalue weighted by Crippen LogP contribution is 2.43. The van der Waals surface area contributed by atoms with Crippen LogP contribution in [-0.2, 0) is 29.2 Å². The van der Waals surface area contributed by atoms with E-state index in [0.717, 1.165) is 22.4 Å². The summed E-state index contributed by atoms with van der Waals surface area (Å²) in [4.78, 5) is 32.7. The molecule has 0 bridgehead atoms. The average Bonchev–Trinajstić information content (AvgIpc) is 3.52. The first-order valence-electron chi connectivity index (χ1n) is 14.3. The zero-order valence-electron chi connectivity index (χ0n) is 24.0. The van der Waals surface area contributed by atoms with Gasteiger partial charge in [-0.2, -0.15) is 0 Å². The Hall–Kier alpha value is -5.11. The number of pyridine rings is 1. The van der Waals surface area contributed by atoms with Crippen LogP contribution in [0.5, 0.6) is 17.2 Å². The van der Waals surface area contributed by atoms with Crippen LogP contribution >= 0.6 is 0 Å². The summed E-state index contributed by atoms with van der Waals surface area (Å²) in [7, 11) is 0. The number of amides is 1. The van der Waals surface area contributed by atoms with E-state index in [1.165, 1.54) is 4.90 Å². The van der Waals surface area contributed by atoms with Gasteiger partial charge >= 0.3 is 0 Å². The Morgan fingerprint density at radius 2 is 1.74 bits per heavy atom. The quantitative estimate of drug-likeness (QED) is 0.148. The Balaban J connectivity index is 1.43. The van der Waals surface area contributed by atoms with Crippen LogP contribution in [0.2, 0.25) is 0 Å². The molecular weight excluding hydrogens is 544 g/mol. The zero-order chi connectivity index (χ0) is 29.9. The van der Waals surface area contributed by atoms with Gasteiger partial charge in [-0.05, 0) is 78.6 Å². The van der Waals surface area contributed by atoms with Gasteiger partial charge in [0.25, 0.3) is 11.7 Å². The van der Waals surface area contributed by atoms with Crippen molar-refractivity contribution in [3.63, 3.8) is 0 Å². The highest BCUT2D eigenvalue weighted by Gasteiger charge is 2.46. The molecular formula is C35H32N2O6. The molecule has 6 rings (SSSR count). The van der Waals surface area contributed by atoms with Gasteiger partial charge in [-0.1, -0.05) is 36.4 Å². The van der Waals surface area contributed by atoms with Crippen LogP contribution in [0.4, 0.5) is 0 Å². The number of ketones is 1. The van der Waals surface area contributed by atoms with Gasteiger partial charge in [0.2, 0.25) is 0 Å². The second-order valence-electron chi connectivity index (χ2n) is 10.7. The van der Waals surface area contributed by atoms with Crippen molar-refractivity contribution in [1.29, 1.82) is 0 Å². The van der Waals surface area contributed by atoms with Gasteiger partial charge in [0.05, 0.1) is 18.2 Å². The monoisotopic (exact) mass is 576 g/mol. The molecule has 8 nitrogen and oxygen atoms in total. The maximum absolute atomic E-state index is 13.6. The number of benzene rings is 3. The molecule has 1 fully saturated rings. The number of hydrogen-bond donors (Lipinski definition) is 1. The van der Waals surface area contributed by atoms with Gasteiger partial charge in [-0.3, -0.25) is 14.6 Å². The van der Waals surface area contributed by atoms with Crippen LogP contribution in [0.1, 0.15) is 47.7 Å². The fourth-order valence-corrected chi connectivity index (χ4v) is 5.62. The second kappa shape index (κ2) is 12.0. The number of nitrogens with zero attached hydrogens (tertiary/aromatic N) is 2. The minimum Gasteiger partial charge on any atom is -0.507 e. The number of aliphatic hydroxyl groups is 1. The molecule has 8 heteroatoms. The molecule has 1 amide bonds. The normalized spacial score (nSPS) is 18.8. The van der Waals surface area contributed by atoms with Crippen molar-refractivity contribution >= 4 is 17.4 Å². The second-order valence-corrected chi connectivity index (χ2v) is 10.7. The fraction of sp³-hybridized carbons (Fsp3) is 0.229. The molecule has 3 heterocycles. The number of likely N-dealkylation sites (tertiary alicyclic amines) is 1. The molecule has 3 aromatic carbocycles. The standard InChI is InChI=1S/C35H32N2O6/c1-3-41-30-19-25(9-12-29(30)42-21-24-7-5-4-6-8-24)32-31(33(38)26-10-11-28-27(18-26)17-22(2)43-28)34(39)35(40)37(32)20-23-13-15-36-16-14-23/h4-16,18-19,22,32,38H,3,17,20-21H2,1-2H3/t22-,32+/m0/s1. The zero-order valence-corrected chi connectivity index (χ0v) is 24.0. The number of aliphatic hydroxyl groups excluding tert-OH is 1. The van der Waals surface area contributed by atoms with E-state index in [1.54, 1.807) is 48.8 Å². The Morgan fingerprint density at radius 3 is 2.51 bits per heavy atom. The highest BCUT2D eigenvalue weighted by atomic mass is 16.5. The first kappa shape index (κ1) is 28.0. The Labute approximate surface area is 250 Å². The predicted molar refractivity (Wildman–Crippen MR) is 161 cm³/mol. The van der Waals surface area contributed by atoms with Crippen LogP contribution in [0.3, 0.4) is 0 Å². The third-order valence-electron chi connectivity index (χ3n) is 7.63. The van der Waals surface area contributed by atoms with Crippen LogP contribution in [0.25, 0.3) is 5.76 Å². The van der Waals surface area contributed by atoms with E-state index >= 15 is 0 Å². The maximum atomic E-state index is 13.6. The molecule has 1 saturated heterocycles. The minimum atomic E-state index is -0.862. The van der Waals surface area contributed by atoms with Crippen molar-refractivity contribution in [2.45, 2.75) is 45.6 Å². The van der Waals surface area contributed by atoms with Gasteiger partial charge in [-0.25, -0.2) is 0 Å². The minimum absolute atomic E-state index is 0.0198. The summed E-state index contributed by atoms with van der Waals surface area (Å²) in [5.74, 6) is 0.103. The highest BCUT2D eigenvalue weighted by molar-refractivity contribution is 6.46. The number of rotatable bonds is 9. The Bertz CT molecular complexity index is 1690. The Kier molecular flexibility index (Phi) is 7.83. The lowest BCUT2D eigenvalue weighted by Gasteiger charge is -2.26. The van der Waals surface area contributed by atoms with E-state index in [9.17, 15) is 14.7 Å². The predicted octanol–water partition coefficient (Wildman–Crippen LogP) is 6.00. The van der Waals surface area contributed by atoms with E-state index in [1.807, 2.05) is 56.3 Å². The molecule has 2 aliphatic heterocycles. The molecule has 0 unspecified atom stereocenters. The number of ether oxygens (including phenoxy) is 3. The summed E-state index contributed by atoms with van der Waals surface area (Å²) in [6.07, 6.45) is 4.00. The summed E-state index contributed by atoms with van der Waals surface area (Å²) >= 11 is 0. The topological polar surface area (TPSA) is 98.2 Å². The first-order chi connectivity index (χ1) is 20.9. The number of carbonyl (C=O) groups is 2. The van der Waals surface area contributed by atoms with Crippen LogP contribution < -0.4 is 14.2 Å². The van der Waals surface area contributed by atoms with Crippen LogP contribution in [-0.4, -0.2) is 39.4 Å². The molecule has 0 aliphatic carbocycles. The molecule has 4 aromatic rings. The molecule has 1 N–H and O–H groups in total. The van der Waals surface area contributed by atoms with Gasteiger partial charge in [0.15, 0.2) is 11.5 Å². The van der Waals surface area contributed by atoms with Crippen molar-refractivity contribution in [2.75, 3.05) is 6.61 Å². The third-order valence-corrected chi connectivity index (χ3v) is 7.63. The third kappa shape index (κ3) is 5.68. The van der Waals surface area contributed by atoms with Crippen LogP contribution in [0, 0.1) is 0 Å². The molecule has 0 spiro atoms. The number of hydrogen-bond acceptors (Lipinski definition) is 7. The van der Waals surface area contributed by atoms with Crippen molar-refractivity contribution in [3.8, 4) is 17.2 Å². The lowest BCUT2D eigenvalue weighted by molar-refractivity contribution is -0.140. The van der Waals surface area contributed by atoms with E-state index in [-0.39, 0.29) is 24.0 Å². The summed E-state index contributed by atoms with van der Waals surface area (Å²) < 4.78 is 17.9. The van der Waals surface area contributed by atoms with Gasteiger partial charge in [0.1, 0.15) is 24.2 Å². The lowest BCUT2D eigenvalue weighted by Crippen LogP contribution is -2.29. The number of fused-ring (bicyclic) bond motifs is 1. The summed E-state index contributed by atoms with van der Waals surface area (Å²) in [5, 5.41) is 11.6. The van der Waals surface area contributed by atoms with Gasteiger partial charge in [0, 0.05) is 30.9 Å². The maximum Gasteiger partial charge on any atom is 0.295 e. The molecule has 2 atom stereocenters. The van der Waals surface area contributed by atoms with Crippen molar-refractivity contribution in [3.05, 3.63) is 125 Å². The fourth-order valence-electron chi connectivity index (χ4n) is 5.62.